The SMILES string of the molecule is O=C(CCCCC1SCC2NC(=O)NC21)NCCOCCOCCOCCC(=O)NCc1ccc(C2(C(F)(F)F)N=N2)cc1. The zero-order valence-electron chi connectivity index (χ0n) is 24.3. The number of rotatable bonds is 20. The second-order valence-electron chi connectivity index (χ2n) is 10.6. The maximum absolute atomic E-state index is 13.1. The van der Waals surface area contributed by atoms with Gasteiger partial charge < -0.3 is 35.5 Å². The maximum Gasteiger partial charge on any atom is 0.442 e. The number of alkyl halides is 3. The minimum Gasteiger partial charge on any atom is -0.379 e. The van der Waals surface area contributed by atoms with Crippen LogP contribution in [0.2, 0.25) is 0 Å². The Morgan fingerprint density at radius 1 is 0.909 bits per heavy atom. The summed E-state index contributed by atoms with van der Waals surface area (Å²) in [7, 11) is 0. The number of urea groups is 1. The van der Waals surface area contributed by atoms with Gasteiger partial charge in [0.25, 0.3) is 0 Å². The molecule has 4 N–H and O–H groups in total. The molecule has 1 aromatic carbocycles. The number of nitrogens with zero attached hydrogens (tertiary/aromatic N) is 2. The van der Waals surface area contributed by atoms with Crippen LogP contribution in [0.5, 0.6) is 0 Å². The molecule has 16 heteroatoms. The molecule has 3 aliphatic heterocycles. The Morgan fingerprint density at radius 2 is 1.57 bits per heavy atom. The minimum atomic E-state index is -4.57. The molecule has 44 heavy (non-hydrogen) atoms. The Hall–Kier alpha value is -2.95. The largest absolute Gasteiger partial charge is 0.442 e. The van der Waals surface area contributed by atoms with Crippen LogP contribution in [-0.4, -0.2) is 93.3 Å². The highest BCUT2D eigenvalue weighted by Crippen LogP contribution is 2.52. The molecule has 4 rings (SSSR count). The molecule has 0 saturated carbocycles. The molecular formula is C28H39F3N6O6S. The van der Waals surface area contributed by atoms with Crippen molar-refractivity contribution in [2.45, 2.75) is 67.8 Å². The average molecular weight is 645 g/mol. The van der Waals surface area contributed by atoms with Gasteiger partial charge in [0.1, 0.15) is 0 Å². The van der Waals surface area contributed by atoms with E-state index in [-0.39, 0.29) is 55.1 Å². The lowest BCUT2D eigenvalue weighted by Gasteiger charge is -2.16. The summed E-state index contributed by atoms with van der Waals surface area (Å²) >= 11 is 1.88. The van der Waals surface area contributed by atoms with Gasteiger partial charge in [0.2, 0.25) is 11.8 Å². The van der Waals surface area contributed by atoms with Gasteiger partial charge in [-0.05, 0) is 18.4 Å². The van der Waals surface area contributed by atoms with Gasteiger partial charge >= 0.3 is 17.9 Å². The number of benzene rings is 1. The van der Waals surface area contributed by atoms with E-state index < -0.39 is 11.8 Å². The van der Waals surface area contributed by atoms with Crippen molar-refractivity contribution in [3.05, 3.63) is 35.4 Å². The lowest BCUT2D eigenvalue weighted by Crippen LogP contribution is -2.36. The monoisotopic (exact) mass is 644 g/mol. The van der Waals surface area contributed by atoms with E-state index in [4.69, 9.17) is 14.2 Å². The molecule has 0 radical (unpaired) electrons. The number of ether oxygens (including phenoxy) is 3. The van der Waals surface area contributed by atoms with Crippen molar-refractivity contribution >= 4 is 29.6 Å². The number of carbonyl (C=O) groups excluding carboxylic acids is 3. The Kier molecular flexibility index (Phi) is 12.6. The average Bonchev–Trinajstić information content (AvgIpc) is 3.63. The van der Waals surface area contributed by atoms with Crippen LogP contribution in [0.3, 0.4) is 0 Å². The molecule has 0 aromatic heterocycles. The van der Waals surface area contributed by atoms with E-state index >= 15 is 0 Å². The molecule has 0 spiro atoms. The van der Waals surface area contributed by atoms with E-state index in [9.17, 15) is 27.6 Å². The third kappa shape index (κ3) is 10.0. The summed E-state index contributed by atoms with van der Waals surface area (Å²) in [6, 6.07) is 5.98. The van der Waals surface area contributed by atoms with Crippen LogP contribution in [0.15, 0.2) is 34.5 Å². The van der Waals surface area contributed by atoms with Crippen molar-refractivity contribution in [1.29, 1.82) is 0 Å². The van der Waals surface area contributed by atoms with Gasteiger partial charge in [0, 0.05) is 42.5 Å². The van der Waals surface area contributed by atoms with Gasteiger partial charge in [-0.2, -0.15) is 24.9 Å². The fourth-order valence-corrected chi connectivity index (χ4v) is 6.46. The number of hydrogen-bond acceptors (Lipinski definition) is 9. The third-order valence-electron chi connectivity index (χ3n) is 7.41. The molecule has 12 nitrogen and oxygen atoms in total. The fraction of sp³-hybridized carbons (Fsp3) is 0.679. The first-order valence-electron chi connectivity index (χ1n) is 14.7. The number of fused-ring (bicyclic) bond motifs is 1. The number of halogens is 3. The Bertz CT molecular complexity index is 1140. The molecule has 4 amide bonds. The van der Waals surface area contributed by atoms with E-state index in [0.29, 0.717) is 56.8 Å². The van der Waals surface area contributed by atoms with Crippen LogP contribution < -0.4 is 21.3 Å². The van der Waals surface area contributed by atoms with Crippen LogP contribution >= 0.6 is 11.8 Å². The van der Waals surface area contributed by atoms with E-state index in [1.54, 1.807) is 0 Å². The summed E-state index contributed by atoms with van der Waals surface area (Å²) in [5.41, 5.74) is -1.84. The summed E-state index contributed by atoms with van der Waals surface area (Å²) in [6.07, 6.45) is -1.23. The fourth-order valence-electron chi connectivity index (χ4n) is 4.92. The maximum atomic E-state index is 13.1. The topological polar surface area (TPSA) is 152 Å². The standard InChI is InChI=1S/C28H39F3N6O6S/c29-28(30,31)27(36-37-27)20-7-5-19(6-8-20)17-33-24(39)9-11-41-13-15-43-16-14-42-12-10-32-23(38)4-2-1-3-22-25-21(18-44-22)34-26(40)35-25/h5-8,21-22,25H,1-4,9-18H2,(H,32,38)(H,33,39)(H2,34,35,40). The summed E-state index contributed by atoms with van der Waals surface area (Å²) in [5, 5.41) is 18.2. The minimum absolute atomic E-state index is 0.00152. The predicted octanol–water partition coefficient (Wildman–Crippen LogP) is 2.77. The molecule has 3 unspecified atom stereocenters. The summed E-state index contributed by atoms with van der Waals surface area (Å²) in [6.45, 7) is 2.62. The molecule has 2 fully saturated rings. The first-order chi connectivity index (χ1) is 21.2. The molecule has 3 atom stereocenters. The van der Waals surface area contributed by atoms with Gasteiger partial charge in [-0.1, -0.05) is 30.7 Å². The van der Waals surface area contributed by atoms with Crippen molar-refractivity contribution in [2.24, 2.45) is 10.2 Å². The first kappa shape index (κ1) is 33.9. The molecule has 3 heterocycles. The van der Waals surface area contributed by atoms with Crippen LogP contribution in [0.4, 0.5) is 18.0 Å². The van der Waals surface area contributed by atoms with Crippen molar-refractivity contribution in [3.63, 3.8) is 0 Å². The summed E-state index contributed by atoms with van der Waals surface area (Å²) in [5.74, 6) is 0.697. The predicted molar refractivity (Wildman–Crippen MR) is 155 cm³/mol. The van der Waals surface area contributed by atoms with Gasteiger partial charge in [0.15, 0.2) is 0 Å². The highest BCUT2D eigenvalue weighted by atomic mass is 32.2. The lowest BCUT2D eigenvalue weighted by atomic mass is 10.0. The number of thioether (sulfide) groups is 1. The highest BCUT2D eigenvalue weighted by Gasteiger charge is 2.65. The zero-order chi connectivity index (χ0) is 31.4. The molecule has 1 aromatic rings. The number of hydrogen-bond donors (Lipinski definition) is 4. The van der Waals surface area contributed by atoms with Crippen molar-refractivity contribution in [1.82, 2.24) is 21.3 Å². The molecule has 2 saturated heterocycles. The number of nitrogens with one attached hydrogen (secondary N) is 4. The molecule has 3 aliphatic rings. The zero-order valence-corrected chi connectivity index (χ0v) is 25.1. The van der Waals surface area contributed by atoms with E-state index in [0.717, 1.165) is 25.0 Å². The second kappa shape index (κ2) is 16.4. The van der Waals surface area contributed by atoms with Crippen molar-refractivity contribution in [2.75, 3.05) is 51.9 Å². The molecule has 0 bridgehead atoms. The van der Waals surface area contributed by atoms with Gasteiger partial charge in [0.05, 0.1) is 51.7 Å². The molecular weight excluding hydrogens is 605 g/mol. The van der Waals surface area contributed by atoms with Crippen molar-refractivity contribution < 1.29 is 41.8 Å². The quantitative estimate of drug-likeness (QED) is 0.126. The number of amides is 4. The molecule has 244 valence electrons. The van der Waals surface area contributed by atoms with Gasteiger partial charge in [-0.15, -0.1) is 10.2 Å². The number of unbranched alkanes of at least 4 members (excludes halogenated alkanes) is 1. The van der Waals surface area contributed by atoms with Crippen LogP contribution in [0, 0.1) is 0 Å². The smallest absolute Gasteiger partial charge is 0.379 e. The molecule has 0 aliphatic carbocycles. The highest BCUT2D eigenvalue weighted by molar-refractivity contribution is 8.00. The first-order valence-corrected chi connectivity index (χ1v) is 15.8. The second-order valence-corrected chi connectivity index (χ2v) is 11.9. The van der Waals surface area contributed by atoms with Crippen molar-refractivity contribution in [3.8, 4) is 0 Å². The summed E-state index contributed by atoms with van der Waals surface area (Å²) in [4.78, 5) is 35.4. The van der Waals surface area contributed by atoms with E-state index in [1.165, 1.54) is 24.3 Å². The Balaban J connectivity index is 0.892. The third-order valence-corrected chi connectivity index (χ3v) is 8.92. The lowest BCUT2D eigenvalue weighted by molar-refractivity contribution is -0.166. The van der Waals surface area contributed by atoms with Crippen LogP contribution in [-0.2, 0) is 36.0 Å². The number of carbonyl (C=O) groups is 3. The summed E-state index contributed by atoms with van der Waals surface area (Å²) < 4.78 is 55.4. The van der Waals surface area contributed by atoms with Gasteiger partial charge in [-0.3, -0.25) is 9.59 Å². The van der Waals surface area contributed by atoms with Crippen LogP contribution in [0.1, 0.15) is 43.2 Å². The Morgan fingerprint density at radius 3 is 2.25 bits per heavy atom. The van der Waals surface area contributed by atoms with E-state index in [2.05, 4.69) is 31.5 Å². The Labute approximate surface area is 258 Å². The van der Waals surface area contributed by atoms with E-state index in [1.807, 2.05) is 11.8 Å². The van der Waals surface area contributed by atoms with Crippen LogP contribution in [0.25, 0.3) is 0 Å². The normalized spacial score (nSPS) is 21.4. The van der Waals surface area contributed by atoms with Gasteiger partial charge in [-0.25, -0.2) is 4.79 Å².